The quantitative estimate of drug-likeness (QED) is 0.716. The summed E-state index contributed by atoms with van der Waals surface area (Å²) in [6.45, 7) is 1.88. The average molecular weight is 273 g/mol. The first kappa shape index (κ1) is 14.0. The van der Waals surface area contributed by atoms with E-state index in [2.05, 4.69) is 5.32 Å². The fourth-order valence-electron chi connectivity index (χ4n) is 1.10. The number of hydrogen-bond acceptors (Lipinski definition) is 5. The van der Waals surface area contributed by atoms with Crippen LogP contribution in [-0.2, 0) is 4.79 Å². The van der Waals surface area contributed by atoms with Crippen LogP contribution in [0, 0.1) is 0 Å². The molecule has 1 rings (SSSR count). The van der Waals surface area contributed by atoms with E-state index in [4.69, 9.17) is 11.5 Å². The summed E-state index contributed by atoms with van der Waals surface area (Å²) in [5.41, 5.74) is 11.1. The molecule has 5 N–H and O–H groups in total. The Kier molecular flexibility index (Phi) is 5.46. The van der Waals surface area contributed by atoms with Crippen LogP contribution in [0.4, 0.5) is 5.00 Å². The SMILES string of the molecule is CC(N)CSCC(=O)Nc1sccc1C(N)=O. The van der Waals surface area contributed by atoms with Crippen molar-refractivity contribution in [3.63, 3.8) is 0 Å². The highest BCUT2D eigenvalue weighted by molar-refractivity contribution is 8.00. The van der Waals surface area contributed by atoms with Crippen LogP contribution >= 0.6 is 23.1 Å². The van der Waals surface area contributed by atoms with Gasteiger partial charge in [-0.1, -0.05) is 0 Å². The molecule has 1 aromatic heterocycles. The molecule has 0 radical (unpaired) electrons. The van der Waals surface area contributed by atoms with Gasteiger partial charge in [0, 0.05) is 11.8 Å². The van der Waals surface area contributed by atoms with Gasteiger partial charge in [0.2, 0.25) is 5.91 Å². The monoisotopic (exact) mass is 273 g/mol. The van der Waals surface area contributed by atoms with Crippen LogP contribution < -0.4 is 16.8 Å². The molecule has 1 atom stereocenters. The van der Waals surface area contributed by atoms with E-state index in [9.17, 15) is 9.59 Å². The van der Waals surface area contributed by atoms with Crippen molar-refractivity contribution in [1.29, 1.82) is 0 Å². The molecular weight excluding hydrogens is 258 g/mol. The van der Waals surface area contributed by atoms with Crippen molar-refractivity contribution in [2.24, 2.45) is 11.5 Å². The Labute approximate surface area is 108 Å². The number of amides is 2. The van der Waals surface area contributed by atoms with E-state index < -0.39 is 5.91 Å². The average Bonchev–Trinajstić information content (AvgIpc) is 2.65. The lowest BCUT2D eigenvalue weighted by atomic mass is 10.3. The third kappa shape index (κ3) is 4.76. The summed E-state index contributed by atoms with van der Waals surface area (Å²) in [6.07, 6.45) is 0. The van der Waals surface area contributed by atoms with E-state index in [1.807, 2.05) is 6.92 Å². The molecule has 5 nitrogen and oxygen atoms in total. The molecule has 0 aliphatic rings. The predicted octanol–water partition coefficient (Wildman–Crippen LogP) is 0.866. The van der Waals surface area contributed by atoms with E-state index in [-0.39, 0.29) is 11.9 Å². The molecule has 2 amide bonds. The zero-order chi connectivity index (χ0) is 12.8. The normalized spacial score (nSPS) is 12.1. The van der Waals surface area contributed by atoms with Crippen molar-refractivity contribution in [2.75, 3.05) is 16.8 Å². The molecule has 0 saturated carbocycles. The Morgan fingerprint density at radius 3 is 2.88 bits per heavy atom. The van der Waals surface area contributed by atoms with E-state index in [0.29, 0.717) is 16.3 Å². The van der Waals surface area contributed by atoms with Gasteiger partial charge in [0.15, 0.2) is 0 Å². The standard InChI is InChI=1S/C10H15N3O2S2/c1-6(11)4-16-5-8(14)13-10-7(9(12)15)2-3-17-10/h2-3,6H,4-5,11H2,1H3,(H2,12,15)(H,13,14). The third-order valence-corrected chi connectivity index (χ3v) is 3.86. The summed E-state index contributed by atoms with van der Waals surface area (Å²) in [4.78, 5) is 22.6. The first-order valence-corrected chi connectivity index (χ1v) is 7.04. The minimum Gasteiger partial charge on any atom is -0.366 e. The molecule has 17 heavy (non-hydrogen) atoms. The van der Waals surface area contributed by atoms with Gasteiger partial charge in [-0.15, -0.1) is 11.3 Å². The Hall–Kier alpha value is -1.05. The summed E-state index contributed by atoms with van der Waals surface area (Å²) in [7, 11) is 0. The molecule has 0 saturated heterocycles. The highest BCUT2D eigenvalue weighted by atomic mass is 32.2. The number of anilines is 1. The second-order valence-corrected chi connectivity index (χ2v) is 5.51. The van der Waals surface area contributed by atoms with Crippen molar-refractivity contribution in [3.8, 4) is 0 Å². The van der Waals surface area contributed by atoms with E-state index in [0.717, 1.165) is 5.75 Å². The van der Waals surface area contributed by atoms with Gasteiger partial charge in [-0.05, 0) is 18.4 Å². The van der Waals surface area contributed by atoms with E-state index >= 15 is 0 Å². The first-order chi connectivity index (χ1) is 8.00. The van der Waals surface area contributed by atoms with Gasteiger partial charge in [0.1, 0.15) is 5.00 Å². The van der Waals surface area contributed by atoms with Crippen LogP contribution in [0.5, 0.6) is 0 Å². The third-order valence-electron chi connectivity index (χ3n) is 1.80. The zero-order valence-corrected chi connectivity index (χ0v) is 11.1. The van der Waals surface area contributed by atoms with E-state index in [1.165, 1.54) is 23.1 Å². The van der Waals surface area contributed by atoms with Crippen molar-refractivity contribution in [1.82, 2.24) is 0 Å². The molecule has 7 heteroatoms. The lowest BCUT2D eigenvalue weighted by molar-refractivity contribution is -0.113. The number of carbonyl (C=O) groups excluding carboxylic acids is 2. The van der Waals surface area contributed by atoms with Gasteiger partial charge in [-0.3, -0.25) is 9.59 Å². The molecule has 0 aliphatic carbocycles. The first-order valence-electron chi connectivity index (χ1n) is 5.01. The van der Waals surface area contributed by atoms with Crippen molar-refractivity contribution in [3.05, 3.63) is 17.0 Å². The lowest BCUT2D eigenvalue weighted by Crippen LogP contribution is -2.21. The summed E-state index contributed by atoms with van der Waals surface area (Å²) in [5, 5.41) is 4.88. The molecule has 1 unspecified atom stereocenters. The van der Waals surface area contributed by atoms with E-state index in [1.54, 1.807) is 11.4 Å². The Bertz CT molecular complexity index is 404. The van der Waals surface area contributed by atoms with Crippen LogP contribution in [-0.4, -0.2) is 29.4 Å². The van der Waals surface area contributed by atoms with Crippen LogP contribution in [0.2, 0.25) is 0 Å². The maximum absolute atomic E-state index is 11.5. The van der Waals surface area contributed by atoms with Crippen molar-refractivity contribution in [2.45, 2.75) is 13.0 Å². The molecule has 0 aromatic carbocycles. The van der Waals surface area contributed by atoms with Crippen LogP contribution in [0.25, 0.3) is 0 Å². The van der Waals surface area contributed by atoms with Crippen molar-refractivity contribution < 1.29 is 9.59 Å². The Balaban J connectivity index is 2.45. The topological polar surface area (TPSA) is 98.2 Å². The maximum atomic E-state index is 11.5. The second-order valence-electron chi connectivity index (χ2n) is 3.57. The molecule has 94 valence electrons. The molecule has 0 aliphatic heterocycles. The summed E-state index contributed by atoms with van der Waals surface area (Å²) < 4.78 is 0. The number of nitrogens with one attached hydrogen (secondary N) is 1. The van der Waals surface area contributed by atoms with Gasteiger partial charge >= 0.3 is 0 Å². The van der Waals surface area contributed by atoms with Crippen LogP contribution in [0.3, 0.4) is 0 Å². The Morgan fingerprint density at radius 2 is 2.29 bits per heavy atom. The fraction of sp³-hybridized carbons (Fsp3) is 0.400. The van der Waals surface area contributed by atoms with Gasteiger partial charge in [0.05, 0.1) is 11.3 Å². The van der Waals surface area contributed by atoms with Gasteiger partial charge < -0.3 is 16.8 Å². The second kappa shape index (κ2) is 6.63. The molecule has 0 bridgehead atoms. The van der Waals surface area contributed by atoms with Crippen molar-refractivity contribution >= 4 is 39.9 Å². The number of rotatable bonds is 6. The van der Waals surface area contributed by atoms with Gasteiger partial charge in [-0.25, -0.2) is 0 Å². The predicted molar refractivity (Wildman–Crippen MR) is 72.4 cm³/mol. The summed E-state index contributed by atoms with van der Waals surface area (Å²) in [6, 6.07) is 1.66. The van der Waals surface area contributed by atoms with Crippen LogP contribution in [0.1, 0.15) is 17.3 Å². The number of nitrogens with two attached hydrogens (primary N) is 2. The smallest absolute Gasteiger partial charge is 0.251 e. The number of primary amides is 1. The minimum atomic E-state index is -0.537. The van der Waals surface area contributed by atoms with Gasteiger partial charge in [0.25, 0.3) is 5.91 Å². The fourth-order valence-corrected chi connectivity index (χ4v) is 2.66. The molecule has 0 spiro atoms. The van der Waals surface area contributed by atoms with Gasteiger partial charge in [-0.2, -0.15) is 11.8 Å². The minimum absolute atomic E-state index is 0.0655. The summed E-state index contributed by atoms with van der Waals surface area (Å²) in [5.74, 6) is 0.350. The lowest BCUT2D eigenvalue weighted by Gasteiger charge is -2.06. The maximum Gasteiger partial charge on any atom is 0.251 e. The summed E-state index contributed by atoms with van der Waals surface area (Å²) >= 11 is 2.74. The molecule has 1 aromatic rings. The highest BCUT2D eigenvalue weighted by Gasteiger charge is 2.12. The molecule has 0 fully saturated rings. The zero-order valence-electron chi connectivity index (χ0n) is 9.43. The number of thiophene rings is 1. The molecular formula is C10H15N3O2S2. The number of hydrogen-bond donors (Lipinski definition) is 3. The highest BCUT2D eigenvalue weighted by Crippen LogP contribution is 2.22. The van der Waals surface area contributed by atoms with Crippen LogP contribution in [0.15, 0.2) is 11.4 Å². The molecule has 1 heterocycles. The Morgan fingerprint density at radius 1 is 1.59 bits per heavy atom. The largest absolute Gasteiger partial charge is 0.366 e. The number of thioether (sulfide) groups is 1. The number of carbonyl (C=O) groups is 2.